The fourth-order valence-corrected chi connectivity index (χ4v) is 1.84. The molecule has 2 aromatic rings. The molecule has 0 fully saturated rings. The minimum Gasteiger partial charge on any atom is -0.384 e. The lowest BCUT2D eigenvalue weighted by Gasteiger charge is -2.12. The minimum absolute atomic E-state index is 0.167. The fraction of sp³-hybridized carbons (Fsp3) is 0.333. The summed E-state index contributed by atoms with van der Waals surface area (Å²) in [6.45, 7) is 5.16. The molecule has 0 bridgehead atoms. The number of rotatable bonds is 6. The van der Waals surface area contributed by atoms with Crippen LogP contribution >= 0.6 is 0 Å². The molecule has 0 atom stereocenters. The van der Waals surface area contributed by atoms with Crippen LogP contribution in [0.2, 0.25) is 0 Å². The Morgan fingerprint density at radius 3 is 2.90 bits per heavy atom. The highest BCUT2D eigenvalue weighted by Gasteiger charge is 2.12. The molecule has 2 aromatic heterocycles. The standard InChI is InChI=1S/C15H19N5O/c1-3-5-17-14-7-11(2)18-9-13(14)15(21)19-8-12-4-6-16-10-20-12/h4,6-7,9-10H,3,5,8H2,1-2H3,(H,17,18)(H,19,21). The van der Waals surface area contributed by atoms with E-state index in [0.717, 1.165) is 30.0 Å². The Morgan fingerprint density at radius 2 is 2.19 bits per heavy atom. The van der Waals surface area contributed by atoms with E-state index >= 15 is 0 Å². The van der Waals surface area contributed by atoms with E-state index in [0.29, 0.717) is 12.1 Å². The van der Waals surface area contributed by atoms with Crippen molar-refractivity contribution in [2.45, 2.75) is 26.8 Å². The summed E-state index contributed by atoms with van der Waals surface area (Å²) in [5.41, 5.74) is 3.00. The van der Waals surface area contributed by atoms with Crippen LogP contribution < -0.4 is 10.6 Å². The summed E-state index contributed by atoms with van der Waals surface area (Å²) in [5.74, 6) is -0.167. The summed E-state index contributed by atoms with van der Waals surface area (Å²) in [6.07, 6.45) is 5.70. The quantitative estimate of drug-likeness (QED) is 0.847. The highest BCUT2D eigenvalue weighted by molar-refractivity contribution is 5.99. The van der Waals surface area contributed by atoms with Crippen LogP contribution in [-0.2, 0) is 6.54 Å². The summed E-state index contributed by atoms with van der Waals surface area (Å²) in [7, 11) is 0. The number of pyridine rings is 1. The third-order valence-electron chi connectivity index (χ3n) is 2.92. The van der Waals surface area contributed by atoms with Gasteiger partial charge < -0.3 is 10.6 Å². The lowest BCUT2D eigenvalue weighted by Crippen LogP contribution is -2.24. The first-order valence-corrected chi connectivity index (χ1v) is 6.94. The van der Waals surface area contributed by atoms with Crippen LogP contribution in [-0.4, -0.2) is 27.4 Å². The van der Waals surface area contributed by atoms with E-state index in [1.807, 2.05) is 13.0 Å². The molecule has 0 aliphatic heterocycles. The normalized spacial score (nSPS) is 10.2. The van der Waals surface area contributed by atoms with Crippen LogP contribution in [0.25, 0.3) is 0 Å². The second kappa shape index (κ2) is 7.33. The van der Waals surface area contributed by atoms with Crippen LogP contribution in [0.4, 0.5) is 5.69 Å². The summed E-state index contributed by atoms with van der Waals surface area (Å²) in [4.78, 5) is 24.4. The molecule has 2 N–H and O–H groups in total. The van der Waals surface area contributed by atoms with Gasteiger partial charge in [0.15, 0.2) is 0 Å². The molecule has 6 nitrogen and oxygen atoms in total. The van der Waals surface area contributed by atoms with E-state index in [-0.39, 0.29) is 5.91 Å². The number of nitrogens with one attached hydrogen (secondary N) is 2. The Labute approximate surface area is 124 Å². The molecule has 2 rings (SSSR count). The number of anilines is 1. The third-order valence-corrected chi connectivity index (χ3v) is 2.92. The van der Waals surface area contributed by atoms with Crippen LogP contribution in [0, 0.1) is 6.92 Å². The van der Waals surface area contributed by atoms with Gasteiger partial charge in [-0.3, -0.25) is 9.78 Å². The molecule has 2 heterocycles. The molecule has 110 valence electrons. The zero-order valence-corrected chi connectivity index (χ0v) is 12.3. The molecular formula is C15H19N5O. The van der Waals surface area contributed by atoms with Gasteiger partial charge in [0.05, 0.1) is 23.5 Å². The Morgan fingerprint density at radius 1 is 1.33 bits per heavy atom. The van der Waals surface area contributed by atoms with Gasteiger partial charge in [0.25, 0.3) is 5.91 Å². The summed E-state index contributed by atoms with van der Waals surface area (Å²) in [6, 6.07) is 3.65. The van der Waals surface area contributed by atoms with Gasteiger partial charge in [-0.25, -0.2) is 9.97 Å². The van der Waals surface area contributed by atoms with Crippen molar-refractivity contribution in [1.82, 2.24) is 20.3 Å². The smallest absolute Gasteiger partial charge is 0.255 e. The second-order valence-corrected chi connectivity index (χ2v) is 4.68. The lowest BCUT2D eigenvalue weighted by molar-refractivity contribution is 0.0951. The minimum atomic E-state index is -0.167. The predicted molar refractivity (Wildman–Crippen MR) is 81.0 cm³/mol. The van der Waals surface area contributed by atoms with Crippen LogP contribution in [0.15, 0.2) is 30.9 Å². The topological polar surface area (TPSA) is 79.8 Å². The van der Waals surface area contributed by atoms with Gasteiger partial charge in [0, 0.05) is 24.6 Å². The predicted octanol–water partition coefficient (Wildman–Crippen LogP) is 1.93. The Bertz CT molecular complexity index is 600. The zero-order chi connectivity index (χ0) is 15.1. The number of hydrogen-bond acceptors (Lipinski definition) is 5. The van der Waals surface area contributed by atoms with Crippen molar-refractivity contribution in [2.75, 3.05) is 11.9 Å². The highest BCUT2D eigenvalue weighted by Crippen LogP contribution is 2.15. The van der Waals surface area contributed by atoms with Gasteiger partial charge in [-0.05, 0) is 25.5 Å². The van der Waals surface area contributed by atoms with Gasteiger partial charge in [0.2, 0.25) is 0 Å². The molecular weight excluding hydrogens is 266 g/mol. The summed E-state index contributed by atoms with van der Waals surface area (Å²) in [5, 5.41) is 6.10. The van der Waals surface area contributed by atoms with E-state index in [2.05, 4.69) is 32.5 Å². The molecule has 21 heavy (non-hydrogen) atoms. The number of carbonyl (C=O) groups is 1. The number of aromatic nitrogens is 3. The second-order valence-electron chi connectivity index (χ2n) is 4.68. The Hall–Kier alpha value is -2.50. The number of aryl methyl sites for hydroxylation is 1. The van der Waals surface area contributed by atoms with Gasteiger partial charge in [0.1, 0.15) is 6.33 Å². The molecule has 0 spiro atoms. The zero-order valence-electron chi connectivity index (χ0n) is 12.3. The van der Waals surface area contributed by atoms with Crippen molar-refractivity contribution in [3.05, 3.63) is 47.8 Å². The number of hydrogen-bond donors (Lipinski definition) is 2. The summed E-state index contributed by atoms with van der Waals surface area (Å²) < 4.78 is 0. The van der Waals surface area contributed by atoms with Crippen molar-refractivity contribution in [3.63, 3.8) is 0 Å². The van der Waals surface area contributed by atoms with E-state index in [1.54, 1.807) is 18.5 Å². The maximum atomic E-state index is 12.3. The van der Waals surface area contributed by atoms with Crippen molar-refractivity contribution < 1.29 is 4.79 Å². The molecule has 0 aliphatic carbocycles. The Kier molecular flexibility index (Phi) is 5.20. The summed E-state index contributed by atoms with van der Waals surface area (Å²) >= 11 is 0. The van der Waals surface area contributed by atoms with Gasteiger partial charge >= 0.3 is 0 Å². The molecule has 1 amide bonds. The van der Waals surface area contributed by atoms with E-state index in [4.69, 9.17) is 0 Å². The van der Waals surface area contributed by atoms with Crippen LogP contribution in [0.1, 0.15) is 35.1 Å². The van der Waals surface area contributed by atoms with Gasteiger partial charge in [-0.2, -0.15) is 0 Å². The first kappa shape index (κ1) is 14.9. The number of carbonyl (C=O) groups excluding carboxylic acids is 1. The largest absolute Gasteiger partial charge is 0.384 e. The molecule has 6 heteroatoms. The molecule has 0 aliphatic rings. The third kappa shape index (κ3) is 4.24. The highest BCUT2D eigenvalue weighted by atomic mass is 16.1. The van der Waals surface area contributed by atoms with Crippen LogP contribution in [0.3, 0.4) is 0 Å². The van der Waals surface area contributed by atoms with Gasteiger partial charge in [-0.15, -0.1) is 0 Å². The van der Waals surface area contributed by atoms with Crippen molar-refractivity contribution in [3.8, 4) is 0 Å². The molecule has 0 saturated heterocycles. The first-order valence-electron chi connectivity index (χ1n) is 6.94. The van der Waals surface area contributed by atoms with E-state index in [9.17, 15) is 4.79 Å². The number of amides is 1. The van der Waals surface area contributed by atoms with Crippen molar-refractivity contribution >= 4 is 11.6 Å². The maximum absolute atomic E-state index is 12.3. The van der Waals surface area contributed by atoms with Crippen molar-refractivity contribution in [1.29, 1.82) is 0 Å². The number of nitrogens with zero attached hydrogens (tertiary/aromatic N) is 3. The molecule has 0 saturated carbocycles. The monoisotopic (exact) mass is 285 g/mol. The van der Waals surface area contributed by atoms with Crippen molar-refractivity contribution in [2.24, 2.45) is 0 Å². The average Bonchev–Trinajstić information content (AvgIpc) is 2.51. The SMILES string of the molecule is CCCNc1cc(C)ncc1C(=O)NCc1ccncn1. The van der Waals surface area contributed by atoms with Crippen LogP contribution in [0.5, 0.6) is 0 Å². The Balaban J connectivity index is 2.07. The fourth-order valence-electron chi connectivity index (χ4n) is 1.84. The molecule has 0 radical (unpaired) electrons. The maximum Gasteiger partial charge on any atom is 0.255 e. The average molecular weight is 285 g/mol. The lowest BCUT2D eigenvalue weighted by atomic mass is 10.2. The first-order chi connectivity index (χ1) is 10.2. The van der Waals surface area contributed by atoms with Gasteiger partial charge in [-0.1, -0.05) is 6.92 Å². The molecule has 0 aromatic carbocycles. The van der Waals surface area contributed by atoms with E-state index in [1.165, 1.54) is 6.33 Å². The molecule has 0 unspecified atom stereocenters. The van der Waals surface area contributed by atoms with E-state index < -0.39 is 0 Å².